The predicted molar refractivity (Wildman–Crippen MR) is 122 cm³/mol. The summed E-state index contributed by atoms with van der Waals surface area (Å²) in [5.74, 6) is 0.755. The number of hydrogen-bond acceptors (Lipinski definition) is 5. The Bertz CT molecular complexity index is 692. The molecule has 1 atom stereocenters. The SMILES string of the molecule is CCNC(=NCC1(CCO)CCOC1)NCCCS(=O)(=O)c1ccccc1.I. The number of aliphatic hydroxyl groups is 1. The van der Waals surface area contributed by atoms with E-state index in [-0.39, 0.29) is 41.8 Å². The van der Waals surface area contributed by atoms with E-state index in [2.05, 4.69) is 15.6 Å². The van der Waals surface area contributed by atoms with E-state index in [1.807, 2.05) is 6.92 Å². The third kappa shape index (κ3) is 7.84. The van der Waals surface area contributed by atoms with E-state index < -0.39 is 9.84 Å². The molecule has 2 rings (SSSR count). The topological polar surface area (TPSA) is 100 Å². The van der Waals surface area contributed by atoms with Crippen molar-refractivity contribution in [2.75, 3.05) is 45.2 Å². The quantitative estimate of drug-likeness (QED) is 0.187. The van der Waals surface area contributed by atoms with Crippen LogP contribution in [0, 0.1) is 5.41 Å². The normalized spacial score (nSPS) is 19.9. The van der Waals surface area contributed by atoms with Crippen LogP contribution in [-0.2, 0) is 14.6 Å². The molecule has 1 fully saturated rings. The number of aliphatic imine (C=N–C) groups is 1. The van der Waals surface area contributed by atoms with Gasteiger partial charge in [0.15, 0.2) is 15.8 Å². The second-order valence-corrected chi connectivity index (χ2v) is 8.99. The van der Waals surface area contributed by atoms with Gasteiger partial charge in [0.05, 0.1) is 23.8 Å². The van der Waals surface area contributed by atoms with Crippen molar-refractivity contribution in [3.05, 3.63) is 30.3 Å². The second kappa shape index (κ2) is 12.6. The van der Waals surface area contributed by atoms with Crippen LogP contribution in [0.25, 0.3) is 0 Å². The van der Waals surface area contributed by atoms with E-state index in [0.717, 1.165) is 13.0 Å². The van der Waals surface area contributed by atoms with Gasteiger partial charge in [0.1, 0.15) is 0 Å². The van der Waals surface area contributed by atoms with Gasteiger partial charge in [-0.15, -0.1) is 24.0 Å². The molecule has 3 N–H and O–H groups in total. The smallest absolute Gasteiger partial charge is 0.191 e. The summed E-state index contributed by atoms with van der Waals surface area (Å²) in [6.07, 6.45) is 2.06. The van der Waals surface area contributed by atoms with Crippen molar-refractivity contribution in [1.82, 2.24) is 10.6 Å². The maximum absolute atomic E-state index is 12.3. The third-order valence-corrected chi connectivity index (χ3v) is 6.55. The summed E-state index contributed by atoms with van der Waals surface area (Å²) < 4.78 is 30.1. The summed E-state index contributed by atoms with van der Waals surface area (Å²) in [6.45, 7) is 5.24. The number of hydrogen-bond donors (Lipinski definition) is 3. The number of nitrogens with zero attached hydrogens (tertiary/aromatic N) is 1. The molecular formula is C19H32IN3O4S. The molecule has 0 bridgehead atoms. The highest BCUT2D eigenvalue weighted by Gasteiger charge is 2.34. The Balaban J connectivity index is 0.00000392. The number of benzene rings is 1. The summed E-state index contributed by atoms with van der Waals surface area (Å²) >= 11 is 0. The van der Waals surface area contributed by atoms with E-state index in [0.29, 0.717) is 50.0 Å². The maximum Gasteiger partial charge on any atom is 0.191 e. The molecule has 1 aromatic carbocycles. The Labute approximate surface area is 185 Å². The molecule has 160 valence electrons. The summed E-state index contributed by atoms with van der Waals surface area (Å²) in [5, 5.41) is 15.7. The van der Waals surface area contributed by atoms with Gasteiger partial charge < -0.3 is 20.5 Å². The van der Waals surface area contributed by atoms with Gasteiger partial charge in [0.2, 0.25) is 0 Å². The largest absolute Gasteiger partial charge is 0.396 e. The number of rotatable bonds is 10. The lowest BCUT2D eigenvalue weighted by Gasteiger charge is -2.24. The van der Waals surface area contributed by atoms with Crippen LogP contribution in [0.15, 0.2) is 40.2 Å². The molecule has 0 aromatic heterocycles. The summed E-state index contributed by atoms with van der Waals surface area (Å²) in [6, 6.07) is 8.52. The van der Waals surface area contributed by atoms with E-state index >= 15 is 0 Å². The van der Waals surface area contributed by atoms with Gasteiger partial charge in [0.25, 0.3) is 0 Å². The number of sulfone groups is 1. The van der Waals surface area contributed by atoms with Crippen molar-refractivity contribution in [2.45, 2.75) is 31.1 Å². The Hall–Kier alpha value is -0.910. The van der Waals surface area contributed by atoms with Crippen LogP contribution >= 0.6 is 24.0 Å². The van der Waals surface area contributed by atoms with Gasteiger partial charge in [-0.2, -0.15) is 0 Å². The Morgan fingerprint density at radius 1 is 1.29 bits per heavy atom. The molecule has 1 aliphatic rings. The molecule has 0 spiro atoms. The predicted octanol–water partition coefficient (Wildman–Crippen LogP) is 1.81. The molecule has 1 unspecified atom stereocenters. The van der Waals surface area contributed by atoms with Gasteiger partial charge in [0, 0.05) is 31.7 Å². The first kappa shape index (κ1) is 25.1. The summed E-state index contributed by atoms with van der Waals surface area (Å²) in [7, 11) is -3.26. The lowest BCUT2D eigenvalue weighted by molar-refractivity contribution is 0.131. The first-order valence-electron chi connectivity index (χ1n) is 9.50. The minimum absolute atomic E-state index is 0. The molecule has 1 saturated heterocycles. The van der Waals surface area contributed by atoms with Crippen LogP contribution < -0.4 is 10.6 Å². The molecule has 28 heavy (non-hydrogen) atoms. The van der Waals surface area contributed by atoms with Crippen molar-refractivity contribution < 1.29 is 18.3 Å². The Morgan fingerprint density at radius 2 is 2.04 bits per heavy atom. The third-order valence-electron chi connectivity index (χ3n) is 4.73. The molecule has 7 nitrogen and oxygen atoms in total. The van der Waals surface area contributed by atoms with E-state index in [4.69, 9.17) is 4.74 Å². The lowest BCUT2D eigenvalue weighted by atomic mass is 9.84. The van der Waals surface area contributed by atoms with Crippen LogP contribution in [0.2, 0.25) is 0 Å². The molecule has 0 aliphatic carbocycles. The molecule has 0 amide bonds. The van der Waals surface area contributed by atoms with Crippen LogP contribution in [0.1, 0.15) is 26.2 Å². The second-order valence-electron chi connectivity index (χ2n) is 6.88. The highest BCUT2D eigenvalue weighted by atomic mass is 127. The number of nitrogens with one attached hydrogen (secondary N) is 2. The standard InChI is InChI=1S/C19H31N3O4S.HI/c1-2-20-18(22-15-19(9-12-23)10-13-26-16-19)21-11-6-14-27(24,25)17-7-4-3-5-8-17;/h3-5,7-8,23H,2,6,9-16H2,1H3,(H2,20,21,22);1H. The van der Waals surface area contributed by atoms with E-state index in [1.165, 1.54) is 0 Å². The summed E-state index contributed by atoms with van der Waals surface area (Å²) in [5.41, 5.74) is -0.103. The maximum atomic E-state index is 12.3. The zero-order valence-corrected chi connectivity index (χ0v) is 19.5. The molecule has 9 heteroatoms. The fourth-order valence-corrected chi connectivity index (χ4v) is 4.42. The van der Waals surface area contributed by atoms with Crippen molar-refractivity contribution >= 4 is 39.8 Å². The van der Waals surface area contributed by atoms with Crippen molar-refractivity contribution in [2.24, 2.45) is 10.4 Å². The van der Waals surface area contributed by atoms with Crippen molar-refractivity contribution in [1.29, 1.82) is 0 Å². The lowest BCUT2D eigenvalue weighted by Crippen LogP contribution is -2.39. The Morgan fingerprint density at radius 3 is 2.64 bits per heavy atom. The molecule has 1 aliphatic heterocycles. The average molecular weight is 525 g/mol. The van der Waals surface area contributed by atoms with Gasteiger partial charge in [-0.25, -0.2) is 8.42 Å². The Kier molecular flexibility index (Phi) is 11.3. The molecule has 1 aromatic rings. The van der Waals surface area contributed by atoms with Crippen molar-refractivity contribution in [3.8, 4) is 0 Å². The minimum Gasteiger partial charge on any atom is -0.396 e. The number of guanidine groups is 1. The van der Waals surface area contributed by atoms with E-state index in [1.54, 1.807) is 30.3 Å². The molecule has 0 radical (unpaired) electrons. The van der Waals surface area contributed by atoms with Crippen molar-refractivity contribution in [3.63, 3.8) is 0 Å². The van der Waals surface area contributed by atoms with E-state index in [9.17, 15) is 13.5 Å². The number of aliphatic hydroxyl groups excluding tert-OH is 1. The molecular weight excluding hydrogens is 493 g/mol. The first-order chi connectivity index (χ1) is 13.0. The fraction of sp³-hybridized carbons (Fsp3) is 0.632. The highest BCUT2D eigenvalue weighted by molar-refractivity contribution is 14.0. The van der Waals surface area contributed by atoms with Gasteiger partial charge in [-0.3, -0.25) is 4.99 Å². The van der Waals surface area contributed by atoms with Gasteiger partial charge in [-0.05, 0) is 38.3 Å². The average Bonchev–Trinajstić information content (AvgIpc) is 3.13. The molecule has 1 heterocycles. The van der Waals surface area contributed by atoms with Gasteiger partial charge >= 0.3 is 0 Å². The van der Waals surface area contributed by atoms with Crippen LogP contribution in [0.5, 0.6) is 0 Å². The monoisotopic (exact) mass is 525 g/mol. The van der Waals surface area contributed by atoms with Crippen LogP contribution in [-0.4, -0.2) is 64.7 Å². The first-order valence-corrected chi connectivity index (χ1v) is 11.2. The zero-order valence-electron chi connectivity index (χ0n) is 16.4. The highest BCUT2D eigenvalue weighted by Crippen LogP contribution is 2.32. The van der Waals surface area contributed by atoms with Gasteiger partial charge in [-0.1, -0.05) is 18.2 Å². The van der Waals surface area contributed by atoms with Crippen LogP contribution in [0.4, 0.5) is 0 Å². The van der Waals surface area contributed by atoms with Crippen LogP contribution in [0.3, 0.4) is 0 Å². The summed E-state index contributed by atoms with van der Waals surface area (Å²) in [4.78, 5) is 4.99. The fourth-order valence-electron chi connectivity index (χ4n) is 3.09. The minimum atomic E-state index is -3.26. The molecule has 0 saturated carbocycles. The number of halogens is 1. The number of ether oxygens (including phenoxy) is 1. The zero-order chi connectivity index (χ0) is 19.6.